The normalized spacial score (nSPS) is 22.3. The summed E-state index contributed by atoms with van der Waals surface area (Å²) in [7, 11) is 0. The molecule has 0 aromatic heterocycles. The van der Waals surface area contributed by atoms with Crippen LogP contribution in [0.5, 0.6) is 0 Å². The van der Waals surface area contributed by atoms with Crippen LogP contribution in [0.3, 0.4) is 0 Å². The van der Waals surface area contributed by atoms with Gasteiger partial charge < -0.3 is 5.32 Å². The lowest BCUT2D eigenvalue weighted by molar-refractivity contribution is -0.125. The standard InChI is InChI=1S/C13H11BrFN3O/c14-10-7-17-13-16-6-5-11(18(13)12(10)19)8-1-3-9(15)4-2-8/h1-4,7,11H,5-6H2,(H,16,17). The van der Waals surface area contributed by atoms with Crippen molar-refractivity contribution in [1.29, 1.82) is 0 Å². The molecule has 1 N–H and O–H groups in total. The van der Waals surface area contributed by atoms with Crippen LogP contribution in [-0.2, 0) is 4.79 Å². The Morgan fingerprint density at radius 1 is 1.37 bits per heavy atom. The van der Waals surface area contributed by atoms with Gasteiger partial charge in [0.15, 0.2) is 0 Å². The number of carbonyl (C=O) groups excluding carboxylic acids is 1. The van der Waals surface area contributed by atoms with Crippen molar-refractivity contribution in [1.82, 2.24) is 10.2 Å². The molecule has 0 spiro atoms. The fourth-order valence-electron chi connectivity index (χ4n) is 2.30. The summed E-state index contributed by atoms with van der Waals surface area (Å²) in [5, 5.41) is 2.98. The van der Waals surface area contributed by atoms with Crippen LogP contribution >= 0.6 is 15.9 Å². The third-order valence-corrected chi connectivity index (χ3v) is 3.78. The van der Waals surface area contributed by atoms with Gasteiger partial charge in [-0.25, -0.2) is 4.39 Å². The number of hydrogen-bond donors (Lipinski definition) is 1. The lowest BCUT2D eigenvalue weighted by Crippen LogP contribution is -2.51. The maximum Gasteiger partial charge on any atom is 0.269 e. The van der Waals surface area contributed by atoms with E-state index in [-0.39, 0.29) is 17.8 Å². The van der Waals surface area contributed by atoms with Gasteiger partial charge in [-0.05, 0) is 40.0 Å². The zero-order valence-electron chi connectivity index (χ0n) is 9.94. The van der Waals surface area contributed by atoms with Crippen molar-refractivity contribution < 1.29 is 9.18 Å². The minimum absolute atomic E-state index is 0.116. The zero-order valence-corrected chi connectivity index (χ0v) is 11.5. The van der Waals surface area contributed by atoms with E-state index in [1.807, 2.05) is 0 Å². The van der Waals surface area contributed by atoms with E-state index in [0.29, 0.717) is 17.0 Å². The first kappa shape index (κ1) is 12.3. The van der Waals surface area contributed by atoms with Crippen LogP contribution in [-0.4, -0.2) is 23.3 Å². The summed E-state index contributed by atoms with van der Waals surface area (Å²) in [6.45, 7) is 0.639. The van der Waals surface area contributed by atoms with Crippen molar-refractivity contribution in [3.8, 4) is 0 Å². The summed E-state index contributed by atoms with van der Waals surface area (Å²) >= 11 is 3.22. The number of fused-ring (bicyclic) bond motifs is 1. The van der Waals surface area contributed by atoms with Crippen LogP contribution in [0.25, 0.3) is 0 Å². The summed E-state index contributed by atoms with van der Waals surface area (Å²) in [6.07, 6.45) is 2.31. The predicted molar refractivity (Wildman–Crippen MR) is 73.1 cm³/mol. The molecule has 19 heavy (non-hydrogen) atoms. The quantitative estimate of drug-likeness (QED) is 0.861. The summed E-state index contributed by atoms with van der Waals surface area (Å²) in [5.74, 6) is 0.137. The molecule has 0 fully saturated rings. The summed E-state index contributed by atoms with van der Waals surface area (Å²) in [4.78, 5) is 18.1. The van der Waals surface area contributed by atoms with E-state index < -0.39 is 0 Å². The van der Waals surface area contributed by atoms with Gasteiger partial charge in [0, 0.05) is 12.7 Å². The maximum absolute atomic E-state index is 13.0. The van der Waals surface area contributed by atoms with E-state index in [1.54, 1.807) is 23.2 Å². The molecule has 2 aliphatic rings. The highest BCUT2D eigenvalue weighted by molar-refractivity contribution is 9.12. The number of aliphatic imine (C=N–C) groups is 1. The fraction of sp³-hybridized carbons (Fsp3) is 0.231. The first-order valence-electron chi connectivity index (χ1n) is 5.92. The lowest BCUT2D eigenvalue weighted by atomic mass is 10.0. The number of rotatable bonds is 1. The Bertz CT molecular complexity index is 582. The molecule has 0 saturated carbocycles. The molecule has 4 nitrogen and oxygen atoms in total. The molecule has 2 heterocycles. The lowest BCUT2D eigenvalue weighted by Gasteiger charge is -2.37. The van der Waals surface area contributed by atoms with E-state index in [4.69, 9.17) is 0 Å². The monoisotopic (exact) mass is 323 g/mol. The second-order valence-corrected chi connectivity index (χ2v) is 5.23. The van der Waals surface area contributed by atoms with Gasteiger partial charge in [0.25, 0.3) is 5.91 Å². The van der Waals surface area contributed by atoms with E-state index in [0.717, 1.165) is 12.0 Å². The van der Waals surface area contributed by atoms with Gasteiger partial charge in [-0.1, -0.05) is 12.1 Å². The van der Waals surface area contributed by atoms with E-state index in [2.05, 4.69) is 26.2 Å². The van der Waals surface area contributed by atoms with Crippen molar-refractivity contribution in [3.63, 3.8) is 0 Å². The summed E-state index contributed by atoms with van der Waals surface area (Å²) in [6, 6.07) is 6.13. The van der Waals surface area contributed by atoms with Crippen LogP contribution in [0.2, 0.25) is 0 Å². The number of amides is 1. The molecule has 3 rings (SSSR count). The molecule has 1 aromatic rings. The molecule has 1 atom stereocenters. The van der Waals surface area contributed by atoms with E-state index >= 15 is 0 Å². The molecule has 0 saturated heterocycles. The van der Waals surface area contributed by atoms with Crippen LogP contribution in [0.4, 0.5) is 4.39 Å². The topological polar surface area (TPSA) is 44.7 Å². The number of guanidine groups is 1. The largest absolute Gasteiger partial charge is 0.331 e. The Morgan fingerprint density at radius 2 is 2.11 bits per heavy atom. The molecule has 6 heteroatoms. The highest BCUT2D eigenvalue weighted by Crippen LogP contribution is 2.31. The van der Waals surface area contributed by atoms with Crippen molar-refractivity contribution in [2.75, 3.05) is 6.54 Å². The predicted octanol–water partition coefficient (Wildman–Crippen LogP) is 2.29. The Balaban J connectivity index is 1.99. The number of carbonyl (C=O) groups is 1. The van der Waals surface area contributed by atoms with E-state index in [1.165, 1.54) is 12.1 Å². The second kappa shape index (κ2) is 4.77. The van der Waals surface area contributed by atoms with Gasteiger partial charge in [-0.15, -0.1) is 0 Å². The first-order chi connectivity index (χ1) is 9.16. The number of hydrogen-bond acceptors (Lipinski definition) is 3. The first-order valence-corrected chi connectivity index (χ1v) is 6.72. The van der Waals surface area contributed by atoms with Gasteiger partial charge in [-0.2, -0.15) is 0 Å². The third-order valence-electron chi connectivity index (χ3n) is 3.21. The van der Waals surface area contributed by atoms with Crippen molar-refractivity contribution >= 4 is 27.8 Å². The highest BCUT2D eigenvalue weighted by atomic mass is 79.9. The third kappa shape index (κ3) is 2.16. The smallest absolute Gasteiger partial charge is 0.269 e. The maximum atomic E-state index is 13.0. The van der Waals surface area contributed by atoms with Gasteiger partial charge in [0.2, 0.25) is 5.96 Å². The van der Waals surface area contributed by atoms with Crippen molar-refractivity contribution in [2.45, 2.75) is 12.5 Å². The number of nitrogens with zero attached hydrogens (tertiary/aromatic N) is 2. The fourth-order valence-corrected chi connectivity index (χ4v) is 2.61. The molecule has 1 aromatic carbocycles. The minimum Gasteiger partial charge on any atom is -0.331 e. The van der Waals surface area contributed by atoms with Crippen molar-refractivity contribution in [2.24, 2.45) is 4.99 Å². The Morgan fingerprint density at radius 3 is 2.84 bits per heavy atom. The minimum atomic E-state index is -0.280. The average molecular weight is 324 g/mol. The van der Waals surface area contributed by atoms with E-state index in [9.17, 15) is 9.18 Å². The number of halogens is 2. The van der Waals surface area contributed by atoms with Crippen molar-refractivity contribution in [3.05, 3.63) is 46.3 Å². The molecule has 0 aliphatic carbocycles. The van der Waals surface area contributed by atoms with Gasteiger partial charge in [-0.3, -0.25) is 14.7 Å². The molecule has 0 bridgehead atoms. The Hall–Kier alpha value is -1.69. The van der Waals surface area contributed by atoms with Gasteiger partial charge >= 0.3 is 0 Å². The Kier molecular flexibility index (Phi) is 3.10. The number of benzene rings is 1. The molecule has 0 radical (unpaired) electrons. The van der Waals surface area contributed by atoms with Crippen LogP contribution in [0, 0.1) is 5.82 Å². The molecular weight excluding hydrogens is 313 g/mol. The van der Waals surface area contributed by atoms with Crippen LogP contribution < -0.4 is 5.32 Å². The highest BCUT2D eigenvalue weighted by Gasteiger charge is 2.35. The van der Waals surface area contributed by atoms with Crippen LogP contribution in [0.1, 0.15) is 18.0 Å². The Labute approximate surface area is 118 Å². The zero-order chi connectivity index (χ0) is 13.4. The SMILES string of the molecule is O=C1C(Br)=CNC2=NCCC(c3ccc(F)cc3)N12. The molecule has 1 unspecified atom stereocenters. The molecule has 1 amide bonds. The summed E-state index contributed by atoms with van der Waals surface area (Å²) < 4.78 is 13.5. The van der Waals surface area contributed by atoms with Crippen LogP contribution in [0.15, 0.2) is 39.9 Å². The number of nitrogens with one attached hydrogen (secondary N) is 1. The second-order valence-electron chi connectivity index (χ2n) is 4.37. The summed E-state index contributed by atoms with van der Waals surface area (Å²) in [5.41, 5.74) is 0.908. The molecule has 98 valence electrons. The van der Waals surface area contributed by atoms with Gasteiger partial charge in [0.05, 0.1) is 10.5 Å². The van der Waals surface area contributed by atoms with Gasteiger partial charge in [0.1, 0.15) is 5.82 Å². The average Bonchev–Trinajstić information content (AvgIpc) is 2.43. The molecular formula is C13H11BrFN3O. The molecule has 2 aliphatic heterocycles.